The van der Waals surface area contributed by atoms with E-state index in [4.69, 9.17) is 11.6 Å². The molecule has 2 aliphatic rings. The molecule has 2 aromatic heterocycles. The summed E-state index contributed by atoms with van der Waals surface area (Å²) in [5.41, 5.74) is -1.04. The Bertz CT molecular complexity index is 1570. The molecule has 0 aliphatic carbocycles. The molecule has 4 heterocycles. The fourth-order valence-corrected chi connectivity index (χ4v) is 6.38. The first-order valence-electron chi connectivity index (χ1n) is 13.2. The summed E-state index contributed by atoms with van der Waals surface area (Å²) in [5, 5.41) is 13.3. The number of piperidine rings is 1. The number of imidazole rings is 1. The number of likely N-dealkylation sites (tertiary alicyclic amines) is 1. The highest BCUT2D eigenvalue weighted by Gasteiger charge is 2.38. The fraction of sp³-hybridized carbons (Fsp3) is 0.500. The van der Waals surface area contributed by atoms with Crippen molar-refractivity contribution in [1.82, 2.24) is 28.7 Å². The van der Waals surface area contributed by atoms with Crippen molar-refractivity contribution >= 4 is 27.6 Å². The number of aliphatic hydroxyl groups is 1. The highest BCUT2D eigenvalue weighted by atomic mass is 35.5. The van der Waals surface area contributed by atoms with E-state index in [0.29, 0.717) is 36.4 Å². The quantitative estimate of drug-likeness (QED) is 0.379. The molecule has 2 N–H and O–H groups in total. The largest absolute Gasteiger partial charge is 0.420 e. The van der Waals surface area contributed by atoms with Gasteiger partial charge in [-0.05, 0) is 37.5 Å². The maximum atomic E-state index is 14.8. The van der Waals surface area contributed by atoms with E-state index in [1.165, 1.54) is 17.1 Å². The van der Waals surface area contributed by atoms with Gasteiger partial charge in [0.15, 0.2) is 0 Å². The summed E-state index contributed by atoms with van der Waals surface area (Å²) in [6.45, 7) is 3.34. The topological polar surface area (TPSA) is 116 Å². The monoisotopic (exact) mass is 631 g/mol. The van der Waals surface area contributed by atoms with Crippen LogP contribution < -0.4 is 5.32 Å². The third-order valence-corrected chi connectivity index (χ3v) is 9.01. The van der Waals surface area contributed by atoms with Gasteiger partial charge in [-0.2, -0.15) is 17.5 Å². The van der Waals surface area contributed by atoms with Gasteiger partial charge < -0.3 is 15.0 Å². The number of alkyl halides is 4. The van der Waals surface area contributed by atoms with Crippen molar-refractivity contribution in [1.29, 1.82) is 0 Å². The first kappa shape index (κ1) is 30.6. The standard InChI is InChI=1S/C26H30ClF4N7O3S/c1-25(39)6-8-36(14-25)11-16-3-4-22(18(27)9-16)37-13-21(33-15-37)23-17(26(29,30)31)10-32-24(35-23)34-20-5-7-38(12-19(20)28)42(2,40)41/h3-4,9-10,13,15,19-20,39H,5-8,11-12,14H2,1-2H3,(H,32,34,35)/t19-,20+,25-/m1/s1. The number of hydrogen-bond acceptors (Lipinski definition) is 8. The van der Waals surface area contributed by atoms with Crippen LogP contribution in [0.1, 0.15) is 30.9 Å². The second-order valence-corrected chi connectivity index (χ2v) is 13.4. The Labute approximate surface area is 245 Å². The minimum atomic E-state index is -4.79. The maximum Gasteiger partial charge on any atom is 0.420 e. The Morgan fingerprint density at radius 2 is 2.00 bits per heavy atom. The van der Waals surface area contributed by atoms with E-state index in [1.807, 2.05) is 6.07 Å². The van der Waals surface area contributed by atoms with Gasteiger partial charge in [-0.25, -0.2) is 27.8 Å². The van der Waals surface area contributed by atoms with Gasteiger partial charge in [-0.1, -0.05) is 17.7 Å². The summed E-state index contributed by atoms with van der Waals surface area (Å²) in [6, 6.07) is 4.46. The minimum Gasteiger partial charge on any atom is -0.389 e. The van der Waals surface area contributed by atoms with Crippen LogP contribution in [0.15, 0.2) is 36.9 Å². The Hall–Kier alpha value is -2.85. The summed E-state index contributed by atoms with van der Waals surface area (Å²) < 4.78 is 82.4. The molecule has 42 heavy (non-hydrogen) atoms. The molecule has 2 saturated heterocycles. The van der Waals surface area contributed by atoms with Crippen molar-refractivity contribution in [3.8, 4) is 17.1 Å². The predicted molar refractivity (Wildman–Crippen MR) is 148 cm³/mol. The van der Waals surface area contributed by atoms with Crippen LogP contribution in [-0.2, 0) is 22.7 Å². The Balaban J connectivity index is 1.37. The molecule has 3 atom stereocenters. The molecule has 0 radical (unpaired) electrons. The molecule has 1 aromatic carbocycles. The zero-order chi connectivity index (χ0) is 30.4. The van der Waals surface area contributed by atoms with Crippen LogP contribution in [-0.4, -0.2) is 92.5 Å². The van der Waals surface area contributed by atoms with Gasteiger partial charge in [0.05, 0.1) is 28.6 Å². The number of halogens is 5. The van der Waals surface area contributed by atoms with Gasteiger partial charge in [0.25, 0.3) is 0 Å². The molecule has 0 spiro atoms. The minimum absolute atomic E-state index is 0.0488. The number of hydrogen-bond donors (Lipinski definition) is 2. The molecule has 2 fully saturated rings. The average molecular weight is 632 g/mol. The van der Waals surface area contributed by atoms with Crippen molar-refractivity contribution < 1.29 is 31.1 Å². The molecular formula is C26H30ClF4N7O3S. The zero-order valence-corrected chi connectivity index (χ0v) is 24.4. The van der Waals surface area contributed by atoms with E-state index in [0.717, 1.165) is 22.7 Å². The van der Waals surface area contributed by atoms with Gasteiger partial charge in [-0.15, -0.1) is 0 Å². The Kier molecular flexibility index (Phi) is 8.26. The highest BCUT2D eigenvalue weighted by Crippen LogP contribution is 2.36. The molecule has 3 aromatic rings. The van der Waals surface area contributed by atoms with Gasteiger partial charge in [0.2, 0.25) is 16.0 Å². The molecule has 0 amide bonds. The second-order valence-electron chi connectivity index (χ2n) is 11.0. The number of anilines is 1. The number of benzene rings is 1. The van der Waals surface area contributed by atoms with E-state index in [-0.39, 0.29) is 31.2 Å². The van der Waals surface area contributed by atoms with Crippen LogP contribution in [0.25, 0.3) is 17.1 Å². The number of β-amino-alcohol motifs (C(OH)–C–C–N with tert-alkyl or cyclic N) is 1. The molecule has 10 nitrogen and oxygen atoms in total. The first-order chi connectivity index (χ1) is 19.6. The SMILES string of the molecule is C[C@@]1(O)CCN(Cc2ccc(-n3cnc(-c4nc(N[C@H]5CCN(S(C)(=O)=O)C[C@H]5F)ncc4C(F)(F)F)c3)c(Cl)c2)C1. The van der Waals surface area contributed by atoms with E-state index in [1.54, 1.807) is 19.1 Å². The predicted octanol–water partition coefficient (Wildman–Crippen LogP) is 3.74. The lowest BCUT2D eigenvalue weighted by Gasteiger charge is -2.33. The number of nitrogens with zero attached hydrogens (tertiary/aromatic N) is 6. The van der Waals surface area contributed by atoms with Crippen molar-refractivity contribution in [3.05, 3.63) is 53.1 Å². The molecule has 0 saturated carbocycles. The number of nitrogens with one attached hydrogen (secondary N) is 1. The van der Waals surface area contributed by atoms with E-state index < -0.39 is 45.3 Å². The molecule has 0 unspecified atom stereocenters. The summed E-state index contributed by atoms with van der Waals surface area (Å²) in [6.07, 6.45) is -1.38. The molecule has 0 bridgehead atoms. The molecule has 2 aliphatic heterocycles. The number of aromatic nitrogens is 4. The van der Waals surface area contributed by atoms with Crippen molar-refractivity contribution in [2.45, 2.75) is 50.3 Å². The molecule has 5 rings (SSSR count). The van der Waals surface area contributed by atoms with E-state index >= 15 is 0 Å². The summed E-state index contributed by atoms with van der Waals surface area (Å²) in [5.74, 6) is -0.240. The first-order valence-corrected chi connectivity index (χ1v) is 15.4. The van der Waals surface area contributed by atoms with Crippen LogP contribution in [0.5, 0.6) is 0 Å². The third kappa shape index (κ3) is 6.86. The Morgan fingerprint density at radius 3 is 2.62 bits per heavy atom. The van der Waals surface area contributed by atoms with Crippen molar-refractivity contribution in [2.75, 3.05) is 37.8 Å². The Morgan fingerprint density at radius 1 is 1.24 bits per heavy atom. The van der Waals surface area contributed by atoms with Gasteiger partial charge in [0.1, 0.15) is 29.5 Å². The van der Waals surface area contributed by atoms with Crippen LogP contribution in [0.4, 0.5) is 23.5 Å². The lowest BCUT2D eigenvalue weighted by atomic mass is 10.1. The lowest BCUT2D eigenvalue weighted by Crippen LogP contribution is -2.49. The van der Waals surface area contributed by atoms with E-state index in [2.05, 4.69) is 25.2 Å². The normalized spacial score (nSPS) is 24.3. The average Bonchev–Trinajstić information content (AvgIpc) is 3.50. The fourth-order valence-electron chi connectivity index (χ4n) is 5.23. The van der Waals surface area contributed by atoms with Crippen molar-refractivity contribution in [3.63, 3.8) is 0 Å². The third-order valence-electron chi connectivity index (χ3n) is 7.43. The van der Waals surface area contributed by atoms with Crippen LogP contribution in [0.3, 0.4) is 0 Å². The summed E-state index contributed by atoms with van der Waals surface area (Å²) in [4.78, 5) is 14.0. The second kappa shape index (κ2) is 11.3. The number of sulfonamides is 1. The smallest absolute Gasteiger partial charge is 0.389 e. The number of rotatable bonds is 7. The molecular weight excluding hydrogens is 602 g/mol. The molecule has 228 valence electrons. The maximum absolute atomic E-state index is 14.8. The lowest BCUT2D eigenvalue weighted by molar-refractivity contribution is -0.137. The van der Waals surface area contributed by atoms with Gasteiger partial charge >= 0.3 is 6.18 Å². The van der Waals surface area contributed by atoms with Crippen molar-refractivity contribution in [2.24, 2.45) is 0 Å². The summed E-state index contributed by atoms with van der Waals surface area (Å²) in [7, 11) is -3.58. The molecule has 16 heteroatoms. The van der Waals surface area contributed by atoms with Gasteiger partial charge in [0, 0.05) is 45.1 Å². The van der Waals surface area contributed by atoms with Gasteiger partial charge in [-0.3, -0.25) is 4.90 Å². The van der Waals surface area contributed by atoms with E-state index in [9.17, 15) is 31.1 Å². The van der Waals surface area contributed by atoms with Crippen LogP contribution in [0, 0.1) is 0 Å². The van der Waals surface area contributed by atoms with Crippen LogP contribution >= 0.6 is 11.6 Å². The zero-order valence-electron chi connectivity index (χ0n) is 22.8. The highest BCUT2D eigenvalue weighted by molar-refractivity contribution is 7.88. The summed E-state index contributed by atoms with van der Waals surface area (Å²) >= 11 is 6.54. The van der Waals surface area contributed by atoms with Crippen LogP contribution in [0.2, 0.25) is 5.02 Å².